The standard InChI is InChI=1S/C13H19N3S/c1-4-10(8-17-3)16-12-7-9(2)5-6-11(12)15-13(16)14/h5-7,10H,4,8H2,1-3H3,(H2,14,15). The van der Waals surface area contributed by atoms with Crippen molar-refractivity contribution in [3.8, 4) is 0 Å². The molecule has 1 atom stereocenters. The summed E-state index contributed by atoms with van der Waals surface area (Å²) in [6.45, 7) is 4.30. The molecule has 4 heteroatoms. The van der Waals surface area contributed by atoms with Crippen LogP contribution in [0.15, 0.2) is 18.2 Å². The Balaban J connectivity index is 2.57. The van der Waals surface area contributed by atoms with E-state index in [4.69, 9.17) is 5.73 Å². The minimum absolute atomic E-state index is 0.428. The van der Waals surface area contributed by atoms with Crippen molar-refractivity contribution in [3.63, 3.8) is 0 Å². The predicted molar refractivity (Wildman–Crippen MR) is 76.6 cm³/mol. The summed E-state index contributed by atoms with van der Waals surface area (Å²) in [7, 11) is 0. The maximum absolute atomic E-state index is 6.05. The van der Waals surface area contributed by atoms with Crippen LogP contribution in [0.25, 0.3) is 11.0 Å². The molecule has 0 aliphatic rings. The van der Waals surface area contributed by atoms with Gasteiger partial charge in [0.15, 0.2) is 0 Å². The number of benzene rings is 1. The smallest absolute Gasteiger partial charge is 0.201 e. The monoisotopic (exact) mass is 249 g/mol. The largest absolute Gasteiger partial charge is 0.369 e. The van der Waals surface area contributed by atoms with Gasteiger partial charge in [0, 0.05) is 11.8 Å². The zero-order chi connectivity index (χ0) is 12.4. The second-order valence-electron chi connectivity index (χ2n) is 4.35. The molecule has 0 saturated heterocycles. The summed E-state index contributed by atoms with van der Waals surface area (Å²) in [4.78, 5) is 4.44. The van der Waals surface area contributed by atoms with Gasteiger partial charge in [-0.2, -0.15) is 11.8 Å². The van der Waals surface area contributed by atoms with E-state index >= 15 is 0 Å². The van der Waals surface area contributed by atoms with Crippen molar-refractivity contribution in [1.82, 2.24) is 9.55 Å². The molecule has 0 radical (unpaired) electrons. The van der Waals surface area contributed by atoms with E-state index in [0.29, 0.717) is 12.0 Å². The topological polar surface area (TPSA) is 43.8 Å². The Hall–Kier alpha value is -1.16. The molecule has 0 spiro atoms. The molecule has 17 heavy (non-hydrogen) atoms. The van der Waals surface area contributed by atoms with Crippen LogP contribution in [0.5, 0.6) is 0 Å². The lowest BCUT2D eigenvalue weighted by atomic mass is 10.2. The summed E-state index contributed by atoms with van der Waals surface area (Å²) in [5.41, 5.74) is 9.45. The number of hydrogen-bond donors (Lipinski definition) is 1. The third-order valence-electron chi connectivity index (χ3n) is 3.07. The molecule has 92 valence electrons. The third-order valence-corrected chi connectivity index (χ3v) is 3.79. The van der Waals surface area contributed by atoms with Crippen LogP contribution in [-0.4, -0.2) is 21.6 Å². The number of aryl methyl sites for hydroxylation is 1. The van der Waals surface area contributed by atoms with Gasteiger partial charge in [-0.25, -0.2) is 4.98 Å². The molecule has 1 aromatic heterocycles. The number of nitrogens with two attached hydrogens (primary N) is 1. The Morgan fingerprint density at radius 2 is 2.24 bits per heavy atom. The van der Waals surface area contributed by atoms with Gasteiger partial charge in [-0.3, -0.25) is 0 Å². The highest BCUT2D eigenvalue weighted by molar-refractivity contribution is 7.98. The lowest BCUT2D eigenvalue weighted by Crippen LogP contribution is -2.13. The second kappa shape index (κ2) is 5.00. The fourth-order valence-electron chi connectivity index (χ4n) is 2.17. The normalized spacial score (nSPS) is 13.1. The van der Waals surface area contributed by atoms with E-state index in [-0.39, 0.29) is 0 Å². The highest BCUT2D eigenvalue weighted by atomic mass is 32.2. The molecule has 0 aliphatic heterocycles. The number of rotatable bonds is 4. The van der Waals surface area contributed by atoms with E-state index in [2.05, 4.69) is 41.8 Å². The van der Waals surface area contributed by atoms with Crippen LogP contribution >= 0.6 is 11.8 Å². The van der Waals surface area contributed by atoms with Gasteiger partial charge in [0.05, 0.1) is 11.0 Å². The minimum atomic E-state index is 0.428. The van der Waals surface area contributed by atoms with Crippen molar-refractivity contribution in [2.45, 2.75) is 26.3 Å². The first-order valence-electron chi connectivity index (χ1n) is 5.90. The van der Waals surface area contributed by atoms with Gasteiger partial charge in [-0.05, 0) is 37.3 Å². The number of anilines is 1. The van der Waals surface area contributed by atoms with Crippen LogP contribution in [0, 0.1) is 6.92 Å². The maximum Gasteiger partial charge on any atom is 0.201 e. The number of hydrogen-bond acceptors (Lipinski definition) is 3. The Bertz CT molecular complexity index is 519. The summed E-state index contributed by atoms with van der Waals surface area (Å²) < 4.78 is 2.18. The first-order chi connectivity index (χ1) is 8.17. The molecular weight excluding hydrogens is 230 g/mol. The number of nitrogens with zero attached hydrogens (tertiary/aromatic N) is 2. The molecule has 1 heterocycles. The molecule has 1 unspecified atom stereocenters. The summed E-state index contributed by atoms with van der Waals surface area (Å²) in [6.07, 6.45) is 3.20. The molecule has 2 N–H and O–H groups in total. The fourth-order valence-corrected chi connectivity index (χ4v) is 2.94. The average molecular weight is 249 g/mol. The second-order valence-corrected chi connectivity index (χ2v) is 5.26. The molecule has 0 bridgehead atoms. The number of thioether (sulfide) groups is 1. The predicted octanol–water partition coefficient (Wildman–Crippen LogP) is 3.24. The highest BCUT2D eigenvalue weighted by Gasteiger charge is 2.15. The van der Waals surface area contributed by atoms with E-state index in [9.17, 15) is 0 Å². The highest BCUT2D eigenvalue weighted by Crippen LogP contribution is 2.27. The Labute approximate surface area is 106 Å². The molecule has 2 aromatic rings. The number of imidazole rings is 1. The van der Waals surface area contributed by atoms with Gasteiger partial charge < -0.3 is 10.3 Å². The summed E-state index contributed by atoms with van der Waals surface area (Å²) in [6, 6.07) is 6.72. The first-order valence-corrected chi connectivity index (χ1v) is 7.29. The molecule has 1 aromatic carbocycles. The van der Waals surface area contributed by atoms with Crippen molar-refractivity contribution in [3.05, 3.63) is 23.8 Å². The van der Waals surface area contributed by atoms with Crippen molar-refractivity contribution in [2.24, 2.45) is 0 Å². The molecule has 3 nitrogen and oxygen atoms in total. The van der Waals surface area contributed by atoms with E-state index in [0.717, 1.165) is 23.2 Å². The Morgan fingerprint density at radius 1 is 1.47 bits per heavy atom. The minimum Gasteiger partial charge on any atom is -0.369 e. The lowest BCUT2D eigenvalue weighted by molar-refractivity contribution is 0.561. The van der Waals surface area contributed by atoms with Crippen molar-refractivity contribution in [1.29, 1.82) is 0 Å². The SMILES string of the molecule is CCC(CSC)n1c(N)nc2ccc(C)cc21. The molecule has 2 rings (SSSR count). The van der Waals surface area contributed by atoms with E-state index in [1.54, 1.807) is 0 Å². The van der Waals surface area contributed by atoms with Gasteiger partial charge in [-0.15, -0.1) is 0 Å². The average Bonchev–Trinajstić information content (AvgIpc) is 2.62. The van der Waals surface area contributed by atoms with E-state index in [1.807, 2.05) is 17.8 Å². The molecule has 0 fully saturated rings. The number of nitrogen functional groups attached to an aromatic ring is 1. The zero-order valence-corrected chi connectivity index (χ0v) is 11.4. The van der Waals surface area contributed by atoms with Crippen LogP contribution in [0.4, 0.5) is 5.95 Å². The first kappa shape index (κ1) is 12.3. The number of fused-ring (bicyclic) bond motifs is 1. The van der Waals surface area contributed by atoms with Gasteiger partial charge in [-0.1, -0.05) is 13.0 Å². The van der Waals surface area contributed by atoms with Crippen LogP contribution < -0.4 is 5.73 Å². The van der Waals surface area contributed by atoms with Crippen LogP contribution in [-0.2, 0) is 0 Å². The maximum atomic E-state index is 6.05. The fraction of sp³-hybridized carbons (Fsp3) is 0.462. The van der Waals surface area contributed by atoms with Crippen LogP contribution in [0.3, 0.4) is 0 Å². The van der Waals surface area contributed by atoms with Crippen LogP contribution in [0.2, 0.25) is 0 Å². The van der Waals surface area contributed by atoms with Crippen molar-refractivity contribution in [2.75, 3.05) is 17.7 Å². The number of aromatic nitrogens is 2. The van der Waals surface area contributed by atoms with Crippen LogP contribution in [0.1, 0.15) is 24.9 Å². The van der Waals surface area contributed by atoms with Gasteiger partial charge >= 0.3 is 0 Å². The molecular formula is C13H19N3S. The van der Waals surface area contributed by atoms with E-state index in [1.165, 1.54) is 5.56 Å². The van der Waals surface area contributed by atoms with Gasteiger partial charge in [0.2, 0.25) is 5.95 Å². The van der Waals surface area contributed by atoms with Crippen molar-refractivity contribution < 1.29 is 0 Å². The summed E-state index contributed by atoms with van der Waals surface area (Å²) in [5.74, 6) is 1.70. The summed E-state index contributed by atoms with van der Waals surface area (Å²) in [5, 5.41) is 0. The Morgan fingerprint density at radius 3 is 2.88 bits per heavy atom. The van der Waals surface area contributed by atoms with E-state index < -0.39 is 0 Å². The molecule has 0 saturated carbocycles. The third kappa shape index (κ3) is 2.27. The zero-order valence-electron chi connectivity index (χ0n) is 10.6. The van der Waals surface area contributed by atoms with Gasteiger partial charge in [0.1, 0.15) is 0 Å². The summed E-state index contributed by atoms with van der Waals surface area (Å²) >= 11 is 1.85. The molecule has 0 aliphatic carbocycles. The molecule has 0 amide bonds. The van der Waals surface area contributed by atoms with Gasteiger partial charge in [0.25, 0.3) is 0 Å². The Kier molecular flexibility index (Phi) is 3.62. The quantitative estimate of drug-likeness (QED) is 0.904. The van der Waals surface area contributed by atoms with Crippen molar-refractivity contribution >= 4 is 28.7 Å². The lowest BCUT2D eigenvalue weighted by Gasteiger charge is -2.18.